The third-order valence-electron chi connectivity index (χ3n) is 7.19. The fourth-order valence-corrected chi connectivity index (χ4v) is 5.47. The number of nitrogens with one attached hydrogen (secondary N) is 1. The minimum atomic E-state index is -1.85. The summed E-state index contributed by atoms with van der Waals surface area (Å²) in [5.41, 5.74) is 0.776. The van der Waals surface area contributed by atoms with E-state index in [1.165, 1.54) is 6.07 Å². The van der Waals surface area contributed by atoms with Crippen molar-refractivity contribution in [1.29, 1.82) is 5.26 Å². The Morgan fingerprint density at radius 1 is 1.31 bits per heavy atom. The van der Waals surface area contributed by atoms with Gasteiger partial charge in [0, 0.05) is 40.1 Å². The van der Waals surface area contributed by atoms with Gasteiger partial charge in [0.25, 0.3) is 0 Å². The first-order valence-electron chi connectivity index (χ1n) is 11.4. The molecule has 180 valence electrons. The number of nitriles is 1. The summed E-state index contributed by atoms with van der Waals surface area (Å²) in [6.45, 7) is 3.80. The van der Waals surface area contributed by atoms with Gasteiger partial charge in [0.2, 0.25) is 0 Å². The standard InChI is InChI=1S/C26H24F2N4O3/c1-25(2,7-8-29)23-22(14-5-6-26(35,12-14)24(33)34)17-11-20-15(13-30-31-20)9-21(17)32(23)16-3-4-18(27)19(28)10-16/h3-4,9-11,13-14,35H,5-7,12H2,1-2H3,(H,30,31)(H,33,34)/t14-,26+/m1/s1. The van der Waals surface area contributed by atoms with Crippen LogP contribution in [0.15, 0.2) is 36.5 Å². The summed E-state index contributed by atoms with van der Waals surface area (Å²) in [4.78, 5) is 11.8. The van der Waals surface area contributed by atoms with Gasteiger partial charge < -0.3 is 14.8 Å². The average molecular weight is 478 g/mol. The van der Waals surface area contributed by atoms with E-state index in [0.29, 0.717) is 23.3 Å². The SMILES string of the molecule is CC(C)(CC#N)c1c([C@@H]2CC[C@@](O)(C(=O)O)C2)c2cc3[nH]ncc3cc2n1-c1ccc(F)c(F)c1. The van der Waals surface area contributed by atoms with E-state index in [1.54, 1.807) is 6.20 Å². The molecule has 0 radical (unpaired) electrons. The lowest BCUT2D eigenvalue weighted by molar-refractivity contribution is -0.157. The molecule has 1 saturated carbocycles. The second kappa shape index (κ2) is 7.89. The van der Waals surface area contributed by atoms with Crippen LogP contribution < -0.4 is 0 Å². The normalized spacial score (nSPS) is 20.5. The molecule has 4 aromatic rings. The molecule has 2 atom stereocenters. The van der Waals surface area contributed by atoms with Gasteiger partial charge in [-0.05, 0) is 55.0 Å². The molecule has 3 N–H and O–H groups in total. The zero-order chi connectivity index (χ0) is 25.1. The van der Waals surface area contributed by atoms with Gasteiger partial charge in [-0.25, -0.2) is 13.6 Å². The van der Waals surface area contributed by atoms with Crippen LogP contribution in [0.1, 0.15) is 56.7 Å². The number of hydrogen-bond donors (Lipinski definition) is 3. The number of fused-ring (bicyclic) bond motifs is 2. The van der Waals surface area contributed by atoms with Gasteiger partial charge in [-0.2, -0.15) is 10.4 Å². The van der Waals surface area contributed by atoms with Crippen LogP contribution in [-0.2, 0) is 10.2 Å². The molecular formula is C26H24F2N4O3. The molecule has 5 rings (SSSR count). The topological polar surface area (TPSA) is 115 Å². The molecule has 0 aliphatic heterocycles. The van der Waals surface area contributed by atoms with Crippen LogP contribution in [0.3, 0.4) is 0 Å². The maximum absolute atomic E-state index is 14.4. The Labute approximate surface area is 199 Å². The molecule has 2 heterocycles. The summed E-state index contributed by atoms with van der Waals surface area (Å²) < 4.78 is 30.1. The molecule has 2 aromatic carbocycles. The van der Waals surface area contributed by atoms with Crippen LogP contribution in [0.25, 0.3) is 27.5 Å². The van der Waals surface area contributed by atoms with Gasteiger partial charge in [-0.3, -0.25) is 5.10 Å². The number of rotatable bonds is 5. The second-order valence-corrected chi connectivity index (χ2v) is 10.0. The van der Waals surface area contributed by atoms with Crippen LogP contribution in [0.2, 0.25) is 0 Å². The fraction of sp³-hybridized carbons (Fsp3) is 0.346. The number of halogens is 2. The number of carboxylic acids is 1. The molecule has 0 amide bonds. The number of aromatic amines is 1. The van der Waals surface area contributed by atoms with Crippen molar-refractivity contribution in [2.45, 2.75) is 56.5 Å². The van der Waals surface area contributed by atoms with Crippen molar-refractivity contribution in [3.63, 3.8) is 0 Å². The summed E-state index contributed by atoms with van der Waals surface area (Å²) >= 11 is 0. The molecule has 0 saturated heterocycles. The van der Waals surface area contributed by atoms with Crippen molar-refractivity contribution in [3.05, 3.63) is 59.4 Å². The van der Waals surface area contributed by atoms with E-state index in [-0.39, 0.29) is 25.2 Å². The van der Waals surface area contributed by atoms with Gasteiger partial charge in [-0.15, -0.1) is 0 Å². The monoisotopic (exact) mass is 478 g/mol. The number of hydrogen-bond acceptors (Lipinski definition) is 4. The van der Waals surface area contributed by atoms with Crippen molar-refractivity contribution in [1.82, 2.24) is 14.8 Å². The minimum absolute atomic E-state index is 0.00979. The van der Waals surface area contributed by atoms with Gasteiger partial charge >= 0.3 is 5.97 Å². The Morgan fingerprint density at radius 3 is 2.74 bits per heavy atom. The quantitative estimate of drug-likeness (QED) is 0.371. The Hall–Kier alpha value is -3.77. The lowest BCUT2D eigenvalue weighted by atomic mass is 9.79. The van der Waals surface area contributed by atoms with Gasteiger partial charge in [0.05, 0.1) is 23.3 Å². The van der Waals surface area contributed by atoms with Gasteiger partial charge in [0.15, 0.2) is 17.2 Å². The maximum Gasteiger partial charge on any atom is 0.335 e. The van der Waals surface area contributed by atoms with Crippen LogP contribution in [0.4, 0.5) is 8.78 Å². The zero-order valence-electron chi connectivity index (χ0n) is 19.3. The third-order valence-corrected chi connectivity index (χ3v) is 7.19. The van der Waals surface area contributed by atoms with Gasteiger partial charge in [-0.1, -0.05) is 13.8 Å². The Morgan fingerprint density at radius 2 is 2.09 bits per heavy atom. The fourth-order valence-electron chi connectivity index (χ4n) is 5.47. The van der Waals surface area contributed by atoms with Crippen molar-refractivity contribution in [2.24, 2.45) is 0 Å². The largest absolute Gasteiger partial charge is 0.479 e. The van der Waals surface area contributed by atoms with E-state index in [2.05, 4.69) is 16.3 Å². The summed E-state index contributed by atoms with van der Waals surface area (Å²) in [7, 11) is 0. The number of carboxylic acid groups (broad SMARTS) is 1. The molecule has 1 aliphatic carbocycles. The minimum Gasteiger partial charge on any atom is -0.479 e. The summed E-state index contributed by atoms with van der Waals surface area (Å²) in [6.07, 6.45) is 2.33. The molecule has 1 fully saturated rings. The zero-order valence-corrected chi connectivity index (χ0v) is 19.3. The van der Waals surface area contributed by atoms with E-state index < -0.39 is 28.6 Å². The first kappa shape index (κ1) is 23.0. The number of carbonyl (C=O) groups is 1. The van der Waals surface area contributed by atoms with E-state index in [0.717, 1.165) is 34.0 Å². The van der Waals surface area contributed by atoms with Crippen LogP contribution in [-0.4, -0.2) is 36.5 Å². The average Bonchev–Trinajstić information content (AvgIpc) is 3.50. The maximum atomic E-state index is 14.4. The molecule has 7 nitrogen and oxygen atoms in total. The van der Waals surface area contributed by atoms with Crippen molar-refractivity contribution in [3.8, 4) is 11.8 Å². The van der Waals surface area contributed by atoms with E-state index in [1.807, 2.05) is 30.5 Å². The van der Waals surface area contributed by atoms with Crippen LogP contribution >= 0.6 is 0 Å². The molecule has 0 spiro atoms. The molecular weight excluding hydrogens is 454 g/mol. The number of aromatic nitrogens is 3. The molecule has 0 unspecified atom stereocenters. The second-order valence-electron chi connectivity index (χ2n) is 10.0. The smallest absolute Gasteiger partial charge is 0.335 e. The number of aliphatic carboxylic acids is 1. The molecule has 35 heavy (non-hydrogen) atoms. The number of H-pyrrole nitrogens is 1. The third kappa shape index (κ3) is 3.56. The van der Waals surface area contributed by atoms with Crippen molar-refractivity contribution < 1.29 is 23.8 Å². The van der Waals surface area contributed by atoms with Crippen LogP contribution in [0, 0.1) is 23.0 Å². The van der Waals surface area contributed by atoms with E-state index >= 15 is 0 Å². The molecule has 1 aliphatic rings. The Bertz CT molecular complexity index is 1530. The van der Waals surface area contributed by atoms with E-state index in [4.69, 9.17) is 0 Å². The number of nitrogens with zero attached hydrogens (tertiary/aromatic N) is 3. The Balaban J connectivity index is 1.89. The van der Waals surface area contributed by atoms with E-state index in [9.17, 15) is 29.1 Å². The predicted octanol–water partition coefficient (Wildman–Crippen LogP) is 5.06. The summed E-state index contributed by atoms with van der Waals surface area (Å²) in [6, 6.07) is 9.69. The predicted molar refractivity (Wildman–Crippen MR) is 125 cm³/mol. The lowest BCUT2D eigenvalue weighted by Gasteiger charge is -2.28. The first-order valence-corrected chi connectivity index (χ1v) is 11.4. The lowest BCUT2D eigenvalue weighted by Crippen LogP contribution is -2.35. The number of benzene rings is 2. The Kier molecular flexibility index (Phi) is 5.18. The highest BCUT2D eigenvalue weighted by molar-refractivity contribution is 5.99. The highest BCUT2D eigenvalue weighted by atomic mass is 19.2. The van der Waals surface area contributed by atoms with Crippen LogP contribution in [0.5, 0.6) is 0 Å². The summed E-state index contributed by atoms with van der Waals surface area (Å²) in [5, 5.41) is 38.6. The van der Waals surface area contributed by atoms with Crippen molar-refractivity contribution in [2.75, 3.05) is 0 Å². The molecule has 9 heteroatoms. The number of aliphatic hydroxyl groups is 1. The molecule has 2 aromatic heterocycles. The highest BCUT2D eigenvalue weighted by Crippen LogP contribution is 2.50. The van der Waals surface area contributed by atoms with Crippen molar-refractivity contribution >= 4 is 27.8 Å². The first-order chi connectivity index (χ1) is 16.6. The highest BCUT2D eigenvalue weighted by Gasteiger charge is 2.47. The summed E-state index contributed by atoms with van der Waals surface area (Å²) in [5.74, 6) is -3.56. The van der Waals surface area contributed by atoms with Gasteiger partial charge in [0.1, 0.15) is 0 Å². The molecule has 0 bridgehead atoms.